The fourth-order valence-corrected chi connectivity index (χ4v) is 2.45. The van der Waals surface area contributed by atoms with Gasteiger partial charge in [-0.3, -0.25) is 4.79 Å². The molecule has 1 aliphatic rings. The van der Waals surface area contributed by atoms with Crippen molar-refractivity contribution in [2.45, 2.75) is 0 Å². The van der Waals surface area contributed by atoms with Crippen molar-refractivity contribution in [1.29, 1.82) is 0 Å². The highest BCUT2D eigenvalue weighted by Gasteiger charge is 2.17. The van der Waals surface area contributed by atoms with E-state index in [4.69, 9.17) is 5.73 Å². The Morgan fingerprint density at radius 1 is 1.26 bits per heavy atom. The van der Waals surface area contributed by atoms with Crippen molar-refractivity contribution < 1.29 is 4.79 Å². The average molecular weight is 257 g/mol. The number of benzene rings is 1. The summed E-state index contributed by atoms with van der Waals surface area (Å²) in [7, 11) is 0. The van der Waals surface area contributed by atoms with Gasteiger partial charge in [0.15, 0.2) is 0 Å². The highest BCUT2D eigenvalue weighted by molar-refractivity contribution is 6.08. The molecule has 1 aliphatic heterocycles. The SMILES string of the molecule is NC(=O)c1ccc(N2CCNCC2)c2ccnnc12. The van der Waals surface area contributed by atoms with Crippen LogP contribution in [-0.2, 0) is 0 Å². The minimum Gasteiger partial charge on any atom is -0.368 e. The molecule has 0 aliphatic carbocycles. The standard InChI is InChI=1S/C13H15N5O/c14-13(19)10-1-2-11(18-7-5-15-6-8-18)9-3-4-16-17-12(9)10/h1-4,15H,5-8H2,(H2,14,19). The first kappa shape index (κ1) is 11.9. The predicted molar refractivity (Wildman–Crippen MR) is 73.1 cm³/mol. The van der Waals surface area contributed by atoms with E-state index in [1.165, 1.54) is 0 Å². The lowest BCUT2D eigenvalue weighted by Crippen LogP contribution is -2.43. The zero-order valence-corrected chi connectivity index (χ0v) is 10.5. The van der Waals surface area contributed by atoms with Gasteiger partial charge in [-0.1, -0.05) is 0 Å². The second-order valence-corrected chi connectivity index (χ2v) is 4.53. The molecule has 1 fully saturated rings. The Bertz CT molecular complexity index is 621. The summed E-state index contributed by atoms with van der Waals surface area (Å²) in [4.78, 5) is 13.7. The van der Waals surface area contributed by atoms with E-state index in [0.29, 0.717) is 11.1 Å². The van der Waals surface area contributed by atoms with Crippen molar-refractivity contribution in [1.82, 2.24) is 15.5 Å². The monoisotopic (exact) mass is 257 g/mol. The van der Waals surface area contributed by atoms with Crippen LogP contribution in [0.3, 0.4) is 0 Å². The Hall–Kier alpha value is -2.21. The number of carbonyl (C=O) groups excluding carboxylic acids is 1. The Morgan fingerprint density at radius 3 is 2.79 bits per heavy atom. The summed E-state index contributed by atoms with van der Waals surface area (Å²) in [6.07, 6.45) is 1.64. The van der Waals surface area contributed by atoms with Crippen LogP contribution in [-0.4, -0.2) is 42.3 Å². The van der Waals surface area contributed by atoms with E-state index < -0.39 is 5.91 Å². The highest BCUT2D eigenvalue weighted by Crippen LogP contribution is 2.27. The predicted octanol–water partition coefficient (Wildman–Crippen LogP) is 0.138. The molecule has 2 heterocycles. The quantitative estimate of drug-likeness (QED) is 0.799. The van der Waals surface area contributed by atoms with Crippen LogP contribution in [0, 0.1) is 0 Å². The van der Waals surface area contributed by atoms with Gasteiger partial charge in [0.1, 0.15) is 5.52 Å². The van der Waals surface area contributed by atoms with Gasteiger partial charge >= 0.3 is 0 Å². The van der Waals surface area contributed by atoms with Crippen molar-refractivity contribution in [3.8, 4) is 0 Å². The second-order valence-electron chi connectivity index (χ2n) is 4.53. The largest absolute Gasteiger partial charge is 0.368 e. The molecule has 2 aromatic rings. The van der Waals surface area contributed by atoms with Crippen LogP contribution in [0.25, 0.3) is 10.9 Å². The molecule has 0 unspecified atom stereocenters. The van der Waals surface area contributed by atoms with Crippen molar-refractivity contribution in [3.05, 3.63) is 30.0 Å². The lowest BCUT2D eigenvalue weighted by molar-refractivity contribution is 0.100. The summed E-state index contributed by atoms with van der Waals surface area (Å²) < 4.78 is 0. The maximum atomic E-state index is 11.4. The molecule has 1 saturated heterocycles. The van der Waals surface area contributed by atoms with Gasteiger partial charge in [0.05, 0.1) is 11.8 Å². The van der Waals surface area contributed by atoms with Crippen molar-refractivity contribution >= 4 is 22.5 Å². The van der Waals surface area contributed by atoms with E-state index >= 15 is 0 Å². The molecule has 3 N–H and O–H groups in total. The number of hydrogen-bond acceptors (Lipinski definition) is 5. The maximum absolute atomic E-state index is 11.4. The Balaban J connectivity index is 2.15. The third kappa shape index (κ3) is 2.10. The number of piperazine rings is 1. The summed E-state index contributed by atoms with van der Waals surface area (Å²) in [5.74, 6) is -0.475. The van der Waals surface area contributed by atoms with E-state index in [-0.39, 0.29) is 0 Å². The van der Waals surface area contributed by atoms with Crippen LogP contribution in [0.4, 0.5) is 5.69 Å². The van der Waals surface area contributed by atoms with Gasteiger partial charge in [-0.25, -0.2) is 0 Å². The number of primary amides is 1. The molecule has 0 radical (unpaired) electrons. The van der Waals surface area contributed by atoms with Crippen LogP contribution in [0.2, 0.25) is 0 Å². The molecular formula is C13H15N5O. The summed E-state index contributed by atoms with van der Waals surface area (Å²) in [5, 5.41) is 12.2. The van der Waals surface area contributed by atoms with Gasteiger partial charge in [-0.2, -0.15) is 5.10 Å². The van der Waals surface area contributed by atoms with Gasteiger partial charge in [0, 0.05) is 37.3 Å². The van der Waals surface area contributed by atoms with Gasteiger partial charge in [-0.05, 0) is 18.2 Å². The van der Waals surface area contributed by atoms with Gasteiger partial charge in [-0.15, -0.1) is 5.10 Å². The van der Waals surface area contributed by atoms with Crippen molar-refractivity contribution in [2.24, 2.45) is 5.73 Å². The summed E-state index contributed by atoms with van der Waals surface area (Å²) in [6, 6.07) is 5.55. The molecular weight excluding hydrogens is 242 g/mol. The molecule has 1 aromatic carbocycles. The summed E-state index contributed by atoms with van der Waals surface area (Å²) >= 11 is 0. The van der Waals surface area contributed by atoms with E-state index in [1.54, 1.807) is 12.3 Å². The van der Waals surface area contributed by atoms with Crippen LogP contribution in [0.5, 0.6) is 0 Å². The topological polar surface area (TPSA) is 84.1 Å². The Labute approximate surface area is 110 Å². The van der Waals surface area contributed by atoms with Crippen LogP contribution >= 0.6 is 0 Å². The first-order valence-electron chi connectivity index (χ1n) is 6.27. The van der Waals surface area contributed by atoms with E-state index in [2.05, 4.69) is 20.4 Å². The molecule has 0 saturated carbocycles. The number of fused-ring (bicyclic) bond motifs is 1. The van der Waals surface area contributed by atoms with Crippen molar-refractivity contribution in [2.75, 3.05) is 31.1 Å². The number of rotatable bonds is 2. The van der Waals surface area contributed by atoms with Gasteiger partial charge < -0.3 is 16.0 Å². The minimum absolute atomic E-state index is 0.419. The first-order valence-corrected chi connectivity index (χ1v) is 6.27. The third-order valence-electron chi connectivity index (χ3n) is 3.38. The number of hydrogen-bond donors (Lipinski definition) is 2. The van der Waals surface area contributed by atoms with E-state index in [0.717, 1.165) is 37.3 Å². The number of nitrogens with zero attached hydrogens (tertiary/aromatic N) is 3. The summed E-state index contributed by atoms with van der Waals surface area (Å²) in [5.41, 5.74) is 7.45. The molecule has 0 bridgehead atoms. The maximum Gasteiger partial charge on any atom is 0.250 e. The number of carbonyl (C=O) groups is 1. The fraction of sp³-hybridized carbons (Fsp3) is 0.308. The third-order valence-corrected chi connectivity index (χ3v) is 3.38. The minimum atomic E-state index is -0.475. The molecule has 1 amide bonds. The molecule has 98 valence electrons. The Morgan fingerprint density at radius 2 is 2.05 bits per heavy atom. The molecule has 19 heavy (non-hydrogen) atoms. The molecule has 0 atom stereocenters. The van der Waals surface area contributed by atoms with E-state index in [9.17, 15) is 4.79 Å². The first-order chi connectivity index (χ1) is 9.27. The lowest BCUT2D eigenvalue weighted by atomic mass is 10.1. The normalized spacial score (nSPS) is 15.7. The number of aromatic nitrogens is 2. The van der Waals surface area contributed by atoms with E-state index in [1.807, 2.05) is 12.1 Å². The number of nitrogens with one attached hydrogen (secondary N) is 1. The van der Waals surface area contributed by atoms with Crippen LogP contribution in [0.15, 0.2) is 24.4 Å². The second kappa shape index (κ2) is 4.81. The van der Waals surface area contributed by atoms with Crippen molar-refractivity contribution in [3.63, 3.8) is 0 Å². The zero-order valence-electron chi connectivity index (χ0n) is 10.5. The fourth-order valence-electron chi connectivity index (χ4n) is 2.45. The number of amides is 1. The average Bonchev–Trinajstić information content (AvgIpc) is 2.47. The lowest BCUT2D eigenvalue weighted by Gasteiger charge is -2.30. The number of anilines is 1. The number of nitrogens with two attached hydrogens (primary N) is 1. The van der Waals surface area contributed by atoms with Gasteiger partial charge in [0.2, 0.25) is 0 Å². The van der Waals surface area contributed by atoms with Crippen LogP contribution < -0.4 is 16.0 Å². The molecule has 6 nitrogen and oxygen atoms in total. The van der Waals surface area contributed by atoms with Crippen LogP contribution in [0.1, 0.15) is 10.4 Å². The van der Waals surface area contributed by atoms with Gasteiger partial charge in [0.25, 0.3) is 5.91 Å². The molecule has 0 spiro atoms. The zero-order chi connectivity index (χ0) is 13.2. The smallest absolute Gasteiger partial charge is 0.250 e. The molecule has 6 heteroatoms. The Kier molecular flexibility index (Phi) is 3.00. The molecule has 1 aromatic heterocycles. The molecule has 3 rings (SSSR count). The highest BCUT2D eigenvalue weighted by atomic mass is 16.1. The summed E-state index contributed by atoms with van der Waals surface area (Å²) in [6.45, 7) is 3.79.